The van der Waals surface area contributed by atoms with Crippen LogP contribution in [-0.2, 0) is 0 Å². The van der Waals surface area contributed by atoms with Crippen molar-refractivity contribution in [1.29, 1.82) is 0 Å². The minimum absolute atomic E-state index is 0. The van der Waals surface area contributed by atoms with Crippen LogP contribution in [0.4, 0.5) is 0 Å². The van der Waals surface area contributed by atoms with Gasteiger partial charge in [-0.3, -0.25) is 0 Å². The van der Waals surface area contributed by atoms with Gasteiger partial charge in [-0.05, 0) is 0 Å². The van der Waals surface area contributed by atoms with E-state index in [1.54, 1.807) is 0 Å². The first-order valence-corrected chi connectivity index (χ1v) is 4.16. The van der Waals surface area contributed by atoms with Crippen molar-refractivity contribution in [1.82, 2.24) is 0 Å². The second-order valence-corrected chi connectivity index (χ2v) is 2.59. The van der Waals surface area contributed by atoms with Crippen molar-refractivity contribution in [2.24, 2.45) is 0 Å². The highest BCUT2D eigenvalue weighted by Crippen LogP contribution is 1.81. The third-order valence-corrected chi connectivity index (χ3v) is 1.73. The van der Waals surface area contributed by atoms with E-state index in [-0.39, 0.29) is 17.0 Å². The molecule has 6 heavy (non-hydrogen) atoms. The normalized spacial score (nSPS) is 6.33. The zero-order valence-corrected chi connectivity index (χ0v) is 7.27. The first-order valence-electron chi connectivity index (χ1n) is 2.19. The monoisotopic (exact) mass is 165 g/mol. The summed E-state index contributed by atoms with van der Waals surface area (Å²) < 4.78 is 0. The molecule has 0 bridgehead atoms. The molecule has 0 nitrogen and oxygen atoms in total. The van der Waals surface area contributed by atoms with E-state index in [4.69, 9.17) is 0 Å². The summed E-state index contributed by atoms with van der Waals surface area (Å²) in [5.74, 6) is 2.30. The summed E-state index contributed by atoms with van der Waals surface area (Å²) in [7, 11) is 0. The number of hydrogen-bond acceptors (Lipinski definition) is 0. The van der Waals surface area contributed by atoms with Crippen molar-refractivity contribution in [2.75, 3.05) is 0 Å². The maximum Gasteiger partial charge on any atom is 0.195 e. The Balaban J connectivity index is 0. The van der Waals surface area contributed by atoms with Crippen LogP contribution in [0.1, 0.15) is 13.3 Å². The third-order valence-electron chi connectivity index (χ3n) is 0.577. The summed E-state index contributed by atoms with van der Waals surface area (Å²) in [6.45, 7) is 2.23. The Morgan fingerprint density at radius 1 is 1.50 bits per heavy atom. The molecule has 2 heteroatoms. The van der Waals surface area contributed by atoms with Crippen molar-refractivity contribution < 1.29 is 0 Å². The molecule has 0 aromatic rings. The summed E-state index contributed by atoms with van der Waals surface area (Å²) >= 11 is 0.786. The first kappa shape index (κ1) is 10.1. The zero-order chi connectivity index (χ0) is 4.12. The standard InChI is InChI=1S/C3H7.CH3.Al.BrH/c1-3-2;;;/h1,3H2,2H3;1H3;;1H. The van der Waals surface area contributed by atoms with Gasteiger partial charge in [0, 0.05) is 0 Å². The molecule has 0 rings (SSSR count). The topological polar surface area (TPSA) is 0 Å². The van der Waals surface area contributed by atoms with E-state index in [1.807, 2.05) is 0 Å². The van der Waals surface area contributed by atoms with Gasteiger partial charge in [0.2, 0.25) is 0 Å². The number of halogens is 1. The Bertz CT molecular complexity index is 15.0. The second kappa shape index (κ2) is 9.38. The second-order valence-electron chi connectivity index (χ2n) is 1.20. The van der Waals surface area contributed by atoms with Gasteiger partial charge in [0.25, 0.3) is 0 Å². The lowest BCUT2D eigenvalue weighted by Crippen LogP contribution is -1.73. The molecule has 0 aromatic heterocycles. The van der Waals surface area contributed by atoms with Crippen LogP contribution in [0.3, 0.4) is 0 Å². The largest absolute Gasteiger partial charge is 0.195 e. The first-order chi connectivity index (χ1) is 2.41. The van der Waals surface area contributed by atoms with Crippen LogP contribution in [0.2, 0.25) is 11.1 Å². The minimum Gasteiger partial charge on any atom is -0.115 e. The molecule has 0 fully saturated rings. The van der Waals surface area contributed by atoms with E-state index in [9.17, 15) is 0 Å². The van der Waals surface area contributed by atoms with Crippen molar-refractivity contribution in [3.63, 3.8) is 0 Å². The average Bonchev–Trinajstić information content (AvgIpc) is 1.41. The van der Waals surface area contributed by atoms with Gasteiger partial charge in [0.05, 0.1) is 0 Å². The lowest BCUT2D eigenvalue weighted by Gasteiger charge is -1.76. The van der Waals surface area contributed by atoms with Crippen molar-refractivity contribution in [2.45, 2.75) is 24.4 Å². The van der Waals surface area contributed by atoms with Crippen LogP contribution in [0.5, 0.6) is 0 Å². The number of hydrogen-bond donors (Lipinski definition) is 0. The van der Waals surface area contributed by atoms with E-state index in [1.165, 1.54) is 11.7 Å². The maximum absolute atomic E-state index is 2.30. The van der Waals surface area contributed by atoms with Gasteiger partial charge >= 0.3 is 0 Å². The molecule has 0 aromatic carbocycles. The fourth-order valence-corrected chi connectivity index (χ4v) is 0.866. The van der Waals surface area contributed by atoms with E-state index in [2.05, 4.69) is 12.7 Å². The fourth-order valence-electron chi connectivity index (χ4n) is 0.289. The SMILES string of the molecule is Br.CC[CH2][Al][CH3]. The third kappa shape index (κ3) is 8.89. The van der Waals surface area contributed by atoms with Gasteiger partial charge in [0.15, 0.2) is 15.2 Å². The lowest BCUT2D eigenvalue weighted by atomic mass is 10.6. The molecular formula is C4H11AlBr. The van der Waals surface area contributed by atoms with Crippen molar-refractivity contribution in [3.05, 3.63) is 0 Å². The highest BCUT2D eigenvalue weighted by molar-refractivity contribution is 8.93. The lowest BCUT2D eigenvalue weighted by molar-refractivity contribution is 1.07. The van der Waals surface area contributed by atoms with Crippen LogP contribution in [-0.4, -0.2) is 15.2 Å². The number of rotatable bonds is 2. The molecule has 0 amide bonds. The molecule has 0 N–H and O–H groups in total. The van der Waals surface area contributed by atoms with Crippen LogP contribution in [0.15, 0.2) is 0 Å². The van der Waals surface area contributed by atoms with Gasteiger partial charge in [-0.25, -0.2) is 0 Å². The van der Waals surface area contributed by atoms with Gasteiger partial charge in [-0.15, -0.1) is 28.0 Å². The Morgan fingerprint density at radius 2 is 2.00 bits per heavy atom. The highest BCUT2D eigenvalue weighted by Gasteiger charge is 1.72. The molecular weight excluding hydrogens is 155 g/mol. The van der Waals surface area contributed by atoms with Gasteiger partial charge in [0.1, 0.15) is 0 Å². The molecule has 0 aliphatic rings. The summed E-state index contributed by atoms with van der Waals surface area (Å²) in [5, 5.41) is 1.47. The Labute approximate surface area is 56.8 Å². The summed E-state index contributed by atoms with van der Waals surface area (Å²) in [6.07, 6.45) is 1.38. The van der Waals surface area contributed by atoms with E-state index >= 15 is 0 Å². The Kier molecular flexibility index (Phi) is 15.8. The average molecular weight is 166 g/mol. The smallest absolute Gasteiger partial charge is 0.115 e. The Morgan fingerprint density at radius 3 is 2.00 bits per heavy atom. The summed E-state index contributed by atoms with van der Waals surface area (Å²) in [4.78, 5) is 0. The van der Waals surface area contributed by atoms with Crippen molar-refractivity contribution in [3.8, 4) is 0 Å². The van der Waals surface area contributed by atoms with Gasteiger partial charge < -0.3 is 0 Å². The van der Waals surface area contributed by atoms with E-state index in [0.717, 1.165) is 15.2 Å². The Hall–Kier alpha value is 1.01. The predicted molar refractivity (Wildman–Crippen MR) is 37.0 cm³/mol. The molecule has 0 saturated heterocycles. The molecule has 0 aliphatic heterocycles. The quantitative estimate of drug-likeness (QED) is 0.551. The van der Waals surface area contributed by atoms with Gasteiger partial charge in [-0.1, -0.05) is 13.3 Å². The van der Waals surface area contributed by atoms with Crippen molar-refractivity contribution >= 4 is 32.2 Å². The summed E-state index contributed by atoms with van der Waals surface area (Å²) in [6, 6.07) is 0. The van der Waals surface area contributed by atoms with E-state index < -0.39 is 0 Å². The molecule has 0 heterocycles. The molecule has 0 aliphatic carbocycles. The molecule has 0 unspecified atom stereocenters. The van der Waals surface area contributed by atoms with Crippen LogP contribution in [0.25, 0.3) is 0 Å². The molecule has 0 atom stereocenters. The van der Waals surface area contributed by atoms with E-state index in [0.29, 0.717) is 0 Å². The predicted octanol–water partition coefficient (Wildman–Crippen LogP) is 2.14. The zero-order valence-electron chi connectivity index (χ0n) is 4.40. The summed E-state index contributed by atoms with van der Waals surface area (Å²) in [5.41, 5.74) is 0. The van der Waals surface area contributed by atoms with Crippen LogP contribution < -0.4 is 0 Å². The minimum atomic E-state index is 0. The molecule has 0 saturated carbocycles. The maximum atomic E-state index is 2.30. The van der Waals surface area contributed by atoms with Crippen LogP contribution >= 0.6 is 17.0 Å². The molecule has 37 valence electrons. The fraction of sp³-hybridized carbons (Fsp3) is 1.00. The molecule has 1 radical (unpaired) electrons. The highest BCUT2D eigenvalue weighted by atomic mass is 79.9. The van der Waals surface area contributed by atoms with Crippen LogP contribution in [0, 0.1) is 0 Å². The van der Waals surface area contributed by atoms with Gasteiger partial charge in [-0.2, -0.15) is 0 Å². The molecule has 0 spiro atoms.